The van der Waals surface area contributed by atoms with Crippen molar-refractivity contribution < 1.29 is 71.6 Å². The Labute approximate surface area is 733 Å². The SMILES string of the molecule is CCC(C)C(=O)NCCOC(c1ccccc1)(c1ccc(OC)cc1)c1ccc(OC)cc1.COc1ccc(C(OCCN)(c2ccccc2)c2ccc(OC)cc2)cc1.COc1ccc(C(OCCNC(=O)OCC2c3ccccc3-c3ccccc32)(c2ccccc2)c2ccc(OC)cc2)cc1.O=C(NCCO)OCC1c2ccccc2-c2ccccc21. The smallest absolute Gasteiger partial charge is 0.407 e. The van der Waals surface area contributed by atoms with Crippen molar-refractivity contribution in [2.45, 2.75) is 48.9 Å². The number of aliphatic hydroxyl groups is 1. The molecule has 13 aromatic rings. The second-order valence-corrected chi connectivity index (χ2v) is 29.7. The maximum atomic E-state index is 12.9. The van der Waals surface area contributed by atoms with Gasteiger partial charge in [0.05, 0.1) is 69.1 Å². The fourth-order valence-corrected chi connectivity index (χ4v) is 16.0. The molecule has 0 radical (unpaired) electrons. The number of alkyl carbamates (subject to hydrolysis) is 2. The van der Waals surface area contributed by atoms with Gasteiger partial charge in [0, 0.05) is 43.9 Å². The van der Waals surface area contributed by atoms with Gasteiger partial charge in [-0.25, -0.2) is 9.59 Å². The maximum Gasteiger partial charge on any atom is 0.407 e. The summed E-state index contributed by atoms with van der Waals surface area (Å²) in [6, 6.07) is 111. The molecule has 2 aliphatic rings. The molecule has 0 bridgehead atoms. The van der Waals surface area contributed by atoms with Gasteiger partial charge in [-0.3, -0.25) is 4.79 Å². The van der Waals surface area contributed by atoms with E-state index in [1.165, 1.54) is 44.5 Å². The highest BCUT2D eigenvalue weighted by Crippen LogP contribution is 2.49. The number of nitrogens with one attached hydrogen (secondary N) is 3. The molecule has 0 saturated carbocycles. The van der Waals surface area contributed by atoms with E-state index in [1.807, 2.05) is 275 Å². The van der Waals surface area contributed by atoms with Crippen molar-refractivity contribution in [2.24, 2.45) is 11.7 Å². The molecule has 0 spiro atoms. The maximum absolute atomic E-state index is 12.9. The van der Waals surface area contributed by atoms with E-state index in [0.29, 0.717) is 32.9 Å². The number of rotatable bonds is 34. The molecule has 0 saturated heterocycles. The second kappa shape index (κ2) is 45.0. The Hall–Kier alpha value is -13.5. The molecule has 2 aliphatic carbocycles. The van der Waals surface area contributed by atoms with E-state index in [-0.39, 0.29) is 56.6 Å². The number of aliphatic hydroxyl groups excluding tert-OH is 1. The van der Waals surface area contributed by atoms with Crippen LogP contribution < -0.4 is 50.1 Å². The number of ether oxygens (including phenoxy) is 11. The Morgan fingerprint density at radius 3 is 0.800 bits per heavy atom. The van der Waals surface area contributed by atoms with E-state index in [0.717, 1.165) is 91.0 Å². The van der Waals surface area contributed by atoms with Crippen molar-refractivity contribution in [3.8, 4) is 56.8 Å². The largest absolute Gasteiger partial charge is 0.497 e. The number of nitrogens with two attached hydrogens (primary N) is 1. The molecule has 1 atom stereocenters. The van der Waals surface area contributed by atoms with E-state index in [9.17, 15) is 14.4 Å². The number of fused-ring (bicyclic) bond motifs is 6. The van der Waals surface area contributed by atoms with Crippen LogP contribution in [0.5, 0.6) is 34.5 Å². The first-order valence-electron chi connectivity index (χ1n) is 42.0. The molecule has 644 valence electrons. The molecule has 6 N–H and O–H groups in total. The lowest BCUT2D eigenvalue weighted by atomic mass is 9.80. The standard InChI is InChI=1S/C38H35NO5.C28H33NO4.C23H25NO3.C17H17NO3/c1-41-30-20-16-28(17-21-30)38(27-10-4-3-5-11-27,29-18-22-31(42-2)23-19-29)44-25-24-39-37(40)43-26-36-34-14-8-6-12-32(34)33-13-7-9-15-35(33)36;1-5-21(2)27(30)29-19-20-33-28(22-9-7-6-8-10-22,23-11-15-25(31-3)16-12-23)24-13-17-26(32-4)18-14-24;1-25-21-12-8-19(9-13-21)23(27-17-16-24,18-6-4-3-5-7-18)20-10-14-22(26-2)15-11-20;19-10-9-18-17(20)21-11-16-14-7-3-1-5-12(14)13-6-2-4-8-15(13)16/h3-23,36H,24-26H2,1-2H3,(H,39,40);6-18,21H,5,19-20H2,1-4H3,(H,29,30);3-15H,16-17,24H2,1-2H3;1-8,16,19H,9-11H2,(H,18,20). The second-order valence-electron chi connectivity index (χ2n) is 29.7. The zero-order valence-electron chi connectivity index (χ0n) is 72.0. The van der Waals surface area contributed by atoms with Gasteiger partial charge in [-0.2, -0.15) is 0 Å². The molecule has 13 aromatic carbocycles. The lowest BCUT2D eigenvalue weighted by Gasteiger charge is -2.36. The molecule has 0 heterocycles. The molecule has 19 heteroatoms. The summed E-state index contributed by atoms with van der Waals surface area (Å²) in [5, 5.41) is 17.1. The van der Waals surface area contributed by atoms with Crippen molar-refractivity contribution >= 4 is 18.1 Å². The Morgan fingerprint density at radius 2 is 0.552 bits per heavy atom. The van der Waals surface area contributed by atoms with Crippen LogP contribution >= 0.6 is 0 Å². The van der Waals surface area contributed by atoms with Gasteiger partial charge < -0.3 is 78.9 Å². The van der Waals surface area contributed by atoms with Gasteiger partial charge in [0.25, 0.3) is 0 Å². The third kappa shape index (κ3) is 21.6. The van der Waals surface area contributed by atoms with Crippen LogP contribution in [0.4, 0.5) is 9.59 Å². The number of carbonyl (C=O) groups excluding carboxylic acids is 3. The van der Waals surface area contributed by atoms with Crippen LogP contribution in [0.15, 0.2) is 334 Å². The highest BCUT2D eigenvalue weighted by molar-refractivity contribution is 5.81. The van der Waals surface area contributed by atoms with Gasteiger partial charge >= 0.3 is 12.2 Å². The minimum Gasteiger partial charge on any atom is -0.497 e. The Morgan fingerprint density at radius 1 is 0.320 bits per heavy atom. The topological polar surface area (TPSA) is 235 Å². The number of amides is 3. The lowest BCUT2D eigenvalue weighted by molar-refractivity contribution is -0.125. The third-order valence-electron chi connectivity index (χ3n) is 22.5. The Balaban J connectivity index is 0.000000157. The van der Waals surface area contributed by atoms with Crippen molar-refractivity contribution in [3.63, 3.8) is 0 Å². The quantitative estimate of drug-likeness (QED) is 0.0186. The zero-order chi connectivity index (χ0) is 87.8. The number of hydrogen-bond donors (Lipinski definition) is 5. The fourth-order valence-electron chi connectivity index (χ4n) is 16.0. The summed E-state index contributed by atoms with van der Waals surface area (Å²) in [6.45, 7) is 6.72. The number of hydrogen-bond acceptors (Lipinski definition) is 16. The molecule has 0 aliphatic heterocycles. The summed E-state index contributed by atoms with van der Waals surface area (Å²) in [6.07, 6.45) is -0.168. The zero-order valence-corrected chi connectivity index (χ0v) is 72.0. The van der Waals surface area contributed by atoms with Gasteiger partial charge in [0.1, 0.15) is 64.5 Å². The van der Waals surface area contributed by atoms with Crippen LogP contribution in [0.1, 0.15) is 104 Å². The van der Waals surface area contributed by atoms with E-state index in [2.05, 4.69) is 88.7 Å². The molecule has 125 heavy (non-hydrogen) atoms. The summed E-state index contributed by atoms with van der Waals surface area (Å²) in [5.41, 5.74) is 21.5. The van der Waals surface area contributed by atoms with Crippen LogP contribution in [0, 0.1) is 5.92 Å². The van der Waals surface area contributed by atoms with E-state index in [1.54, 1.807) is 42.7 Å². The molecule has 1 unspecified atom stereocenters. The van der Waals surface area contributed by atoms with Gasteiger partial charge in [-0.15, -0.1) is 0 Å². The van der Waals surface area contributed by atoms with Crippen LogP contribution in [0.3, 0.4) is 0 Å². The molecule has 0 aromatic heterocycles. The molecule has 15 rings (SSSR count). The predicted molar refractivity (Wildman–Crippen MR) is 490 cm³/mol. The molecule has 19 nitrogen and oxygen atoms in total. The molecular formula is C106H110N4O15. The normalized spacial score (nSPS) is 12.0. The Bertz CT molecular complexity index is 5280. The first kappa shape index (κ1) is 90.7. The van der Waals surface area contributed by atoms with Crippen molar-refractivity contribution in [3.05, 3.63) is 406 Å². The van der Waals surface area contributed by atoms with Gasteiger partial charge in [0.2, 0.25) is 5.91 Å². The molecule has 3 amide bonds. The molecule has 0 fully saturated rings. The minimum atomic E-state index is -0.956. The van der Waals surface area contributed by atoms with Gasteiger partial charge in [0.15, 0.2) is 0 Å². The average molecular weight is 1680 g/mol. The highest BCUT2D eigenvalue weighted by atomic mass is 16.6. The summed E-state index contributed by atoms with van der Waals surface area (Å²) in [4.78, 5) is 36.7. The monoisotopic (exact) mass is 1680 g/mol. The molecular weight excluding hydrogens is 1570 g/mol. The lowest BCUT2D eigenvalue weighted by Crippen LogP contribution is -2.37. The predicted octanol–water partition coefficient (Wildman–Crippen LogP) is 19.2. The summed E-state index contributed by atoms with van der Waals surface area (Å²) < 4.78 is 63.3. The number of methoxy groups -OCH3 is 6. The Kier molecular flexibility index (Phi) is 32.7. The number of benzene rings is 13. The van der Waals surface area contributed by atoms with Crippen LogP contribution in [-0.2, 0) is 45.3 Å². The first-order valence-corrected chi connectivity index (χ1v) is 42.0. The summed E-state index contributed by atoms with van der Waals surface area (Å²) in [7, 11) is 9.92. The number of carbonyl (C=O) groups is 3. The summed E-state index contributed by atoms with van der Waals surface area (Å²) >= 11 is 0. The van der Waals surface area contributed by atoms with Gasteiger partial charge in [-0.05, 0) is 174 Å². The highest BCUT2D eigenvalue weighted by Gasteiger charge is 2.42. The van der Waals surface area contributed by atoms with E-state index in [4.69, 9.17) is 62.9 Å². The minimum absolute atomic E-state index is 0.000254. The van der Waals surface area contributed by atoms with Crippen LogP contribution in [-0.4, -0.2) is 132 Å². The summed E-state index contributed by atoms with van der Waals surface area (Å²) in [5.74, 6) is 4.74. The van der Waals surface area contributed by atoms with Crippen molar-refractivity contribution in [2.75, 3.05) is 108 Å². The average Bonchev–Trinajstić information content (AvgIpc) is 1.75. The first-order chi connectivity index (χ1) is 61.2. The van der Waals surface area contributed by atoms with Crippen molar-refractivity contribution in [1.82, 2.24) is 16.0 Å². The van der Waals surface area contributed by atoms with Crippen LogP contribution in [0.2, 0.25) is 0 Å². The van der Waals surface area contributed by atoms with Crippen LogP contribution in [0.25, 0.3) is 22.3 Å². The van der Waals surface area contributed by atoms with E-state index < -0.39 is 29.0 Å². The fraction of sp³-hybridized carbons (Fsp3) is 0.236. The third-order valence-corrected chi connectivity index (χ3v) is 22.5. The van der Waals surface area contributed by atoms with E-state index >= 15 is 0 Å². The van der Waals surface area contributed by atoms with Gasteiger partial charge in [-0.1, -0.05) is 275 Å². The van der Waals surface area contributed by atoms with Crippen molar-refractivity contribution in [1.29, 1.82) is 0 Å².